The number of ether oxygens (including phenoxy) is 1. The number of benzene rings is 1. The number of fused-ring (bicyclic) bond motifs is 1. The van der Waals surface area contributed by atoms with Crippen molar-refractivity contribution in [3.05, 3.63) is 34.4 Å². The first-order chi connectivity index (χ1) is 19.0. The maximum atomic E-state index is 13.3. The molecule has 1 aliphatic heterocycles. The Morgan fingerprint density at radius 3 is 2.40 bits per heavy atom. The topological polar surface area (TPSA) is 148 Å². The number of piperidine rings is 1. The molecular formula is C29H41N5O6. The molecule has 4 amide bonds. The van der Waals surface area contributed by atoms with Crippen molar-refractivity contribution in [2.45, 2.75) is 104 Å². The van der Waals surface area contributed by atoms with E-state index in [0.29, 0.717) is 35.4 Å². The fourth-order valence-corrected chi connectivity index (χ4v) is 4.74. The fraction of sp³-hybridized carbons (Fsp3) is 0.586. The number of unbranched alkanes of at least 4 members (excludes halogenated alkanes) is 6. The van der Waals surface area contributed by atoms with Crippen molar-refractivity contribution in [1.82, 2.24) is 20.2 Å². The molecule has 3 rings (SSSR count). The Hall–Kier alpha value is -3.76. The van der Waals surface area contributed by atoms with Gasteiger partial charge in [0.2, 0.25) is 17.7 Å². The monoisotopic (exact) mass is 555 g/mol. The van der Waals surface area contributed by atoms with Crippen LogP contribution in [-0.4, -0.2) is 45.5 Å². The van der Waals surface area contributed by atoms with Crippen LogP contribution in [0.2, 0.25) is 0 Å². The second-order valence-corrected chi connectivity index (χ2v) is 11.2. The summed E-state index contributed by atoms with van der Waals surface area (Å²) >= 11 is 0. The van der Waals surface area contributed by atoms with Crippen LogP contribution in [0.25, 0.3) is 10.9 Å². The highest BCUT2D eigenvalue weighted by Crippen LogP contribution is 2.24. The van der Waals surface area contributed by atoms with Crippen LogP contribution in [0.4, 0.5) is 10.5 Å². The number of para-hydroxylation sites is 1. The molecule has 1 aliphatic rings. The molecule has 218 valence electrons. The SMILES string of the molecule is Cc1nc2c(NC(=O)CCCCCCCCCNC(=O)OC(C)(C)C)cccc2c(=O)n1C1CCC(=O)NC1=O. The van der Waals surface area contributed by atoms with Crippen LogP contribution in [0.1, 0.15) is 96.8 Å². The molecule has 0 aliphatic carbocycles. The largest absolute Gasteiger partial charge is 0.444 e. The molecule has 40 heavy (non-hydrogen) atoms. The van der Waals surface area contributed by atoms with Crippen LogP contribution in [0.3, 0.4) is 0 Å². The summed E-state index contributed by atoms with van der Waals surface area (Å²) < 4.78 is 6.53. The Bertz CT molecular complexity index is 1300. The average molecular weight is 556 g/mol. The first-order valence-electron chi connectivity index (χ1n) is 14.1. The zero-order valence-electron chi connectivity index (χ0n) is 23.9. The smallest absolute Gasteiger partial charge is 0.407 e. The summed E-state index contributed by atoms with van der Waals surface area (Å²) in [6.45, 7) is 7.75. The van der Waals surface area contributed by atoms with Crippen LogP contribution in [0, 0.1) is 6.92 Å². The quantitative estimate of drug-likeness (QED) is 0.262. The third-order valence-corrected chi connectivity index (χ3v) is 6.65. The van der Waals surface area contributed by atoms with Crippen molar-refractivity contribution >= 4 is 40.4 Å². The van der Waals surface area contributed by atoms with Gasteiger partial charge in [0, 0.05) is 19.4 Å². The molecule has 11 heteroatoms. The van der Waals surface area contributed by atoms with Crippen molar-refractivity contribution in [2.75, 3.05) is 11.9 Å². The number of hydrogen-bond donors (Lipinski definition) is 3. The van der Waals surface area contributed by atoms with Crippen LogP contribution in [-0.2, 0) is 19.1 Å². The standard InChI is InChI=1S/C29H41N5O6/c1-19-31-25-20(27(38)34(19)22-16-17-24(36)33-26(22)37)13-12-14-21(25)32-23(35)15-10-8-6-5-7-9-11-18-30-28(39)40-29(2,3)4/h12-14,22H,5-11,15-18H2,1-4H3,(H,30,39)(H,32,35)(H,33,36,37). The van der Waals surface area contributed by atoms with E-state index in [1.165, 1.54) is 4.57 Å². The fourth-order valence-electron chi connectivity index (χ4n) is 4.74. The second-order valence-electron chi connectivity index (χ2n) is 11.2. The molecule has 1 fully saturated rings. The highest BCUT2D eigenvalue weighted by atomic mass is 16.6. The molecule has 1 atom stereocenters. The zero-order chi connectivity index (χ0) is 29.3. The minimum absolute atomic E-state index is 0.144. The first kappa shape index (κ1) is 30.8. The molecule has 0 saturated carbocycles. The minimum Gasteiger partial charge on any atom is -0.444 e. The molecule has 0 bridgehead atoms. The number of hydrogen-bond acceptors (Lipinski definition) is 7. The van der Waals surface area contributed by atoms with E-state index in [-0.39, 0.29) is 36.3 Å². The van der Waals surface area contributed by atoms with Crippen molar-refractivity contribution in [3.8, 4) is 0 Å². The number of imide groups is 1. The summed E-state index contributed by atoms with van der Waals surface area (Å²) in [6, 6.07) is 4.21. The van der Waals surface area contributed by atoms with Gasteiger partial charge in [-0.05, 0) is 59.1 Å². The van der Waals surface area contributed by atoms with Crippen LogP contribution < -0.4 is 21.5 Å². The summed E-state index contributed by atoms with van der Waals surface area (Å²) in [7, 11) is 0. The van der Waals surface area contributed by atoms with Crippen molar-refractivity contribution in [2.24, 2.45) is 0 Å². The Balaban J connectivity index is 1.42. The predicted molar refractivity (Wildman–Crippen MR) is 152 cm³/mol. The Kier molecular flexibility index (Phi) is 10.8. The third-order valence-electron chi connectivity index (χ3n) is 6.65. The number of aromatic nitrogens is 2. The van der Waals surface area contributed by atoms with Gasteiger partial charge in [0.15, 0.2) is 0 Å². The van der Waals surface area contributed by atoms with Crippen LogP contribution in [0.15, 0.2) is 23.0 Å². The van der Waals surface area contributed by atoms with E-state index in [9.17, 15) is 24.0 Å². The number of alkyl carbamates (subject to hydrolysis) is 1. The highest BCUT2D eigenvalue weighted by molar-refractivity contribution is 6.01. The number of aryl methyl sites for hydroxylation is 1. The lowest BCUT2D eigenvalue weighted by Gasteiger charge is -2.24. The van der Waals surface area contributed by atoms with E-state index in [0.717, 1.165) is 44.9 Å². The maximum absolute atomic E-state index is 13.3. The lowest BCUT2D eigenvalue weighted by atomic mass is 10.1. The summed E-state index contributed by atoms with van der Waals surface area (Å²) in [5, 5.41) is 8.23. The number of anilines is 1. The van der Waals surface area contributed by atoms with Crippen molar-refractivity contribution in [1.29, 1.82) is 0 Å². The molecule has 0 radical (unpaired) electrons. The number of nitrogens with one attached hydrogen (secondary N) is 3. The first-order valence-corrected chi connectivity index (χ1v) is 14.1. The van der Waals surface area contributed by atoms with Gasteiger partial charge in [-0.2, -0.15) is 0 Å². The van der Waals surface area contributed by atoms with Gasteiger partial charge in [0.05, 0.1) is 11.1 Å². The molecule has 0 spiro atoms. The van der Waals surface area contributed by atoms with Gasteiger partial charge in [-0.25, -0.2) is 9.78 Å². The van der Waals surface area contributed by atoms with Gasteiger partial charge in [0.1, 0.15) is 23.0 Å². The second kappa shape index (κ2) is 14.0. The number of rotatable bonds is 12. The molecule has 2 heterocycles. The Morgan fingerprint density at radius 2 is 1.73 bits per heavy atom. The van der Waals surface area contributed by atoms with Crippen molar-refractivity contribution < 1.29 is 23.9 Å². The van der Waals surface area contributed by atoms with Gasteiger partial charge in [-0.15, -0.1) is 0 Å². The van der Waals surface area contributed by atoms with Gasteiger partial charge in [-0.1, -0.05) is 38.2 Å². The van der Waals surface area contributed by atoms with E-state index >= 15 is 0 Å². The predicted octanol–water partition coefficient (Wildman–Crippen LogP) is 4.27. The van der Waals surface area contributed by atoms with Gasteiger partial charge in [-0.3, -0.25) is 29.1 Å². The average Bonchev–Trinajstić information content (AvgIpc) is 2.86. The van der Waals surface area contributed by atoms with Crippen LogP contribution >= 0.6 is 0 Å². The van der Waals surface area contributed by atoms with E-state index in [4.69, 9.17) is 4.74 Å². The molecule has 1 saturated heterocycles. The highest BCUT2D eigenvalue weighted by Gasteiger charge is 2.30. The summed E-state index contributed by atoms with van der Waals surface area (Å²) in [5.41, 5.74) is -0.0376. The molecule has 1 aromatic heterocycles. The zero-order valence-corrected chi connectivity index (χ0v) is 23.9. The lowest BCUT2D eigenvalue weighted by Crippen LogP contribution is -2.45. The number of carbonyl (C=O) groups excluding carboxylic acids is 4. The van der Waals surface area contributed by atoms with E-state index in [1.54, 1.807) is 25.1 Å². The number of carbonyl (C=O) groups is 4. The molecular weight excluding hydrogens is 514 g/mol. The van der Waals surface area contributed by atoms with Gasteiger partial charge in [0.25, 0.3) is 5.56 Å². The molecule has 11 nitrogen and oxygen atoms in total. The normalized spacial score (nSPS) is 15.6. The minimum atomic E-state index is -0.797. The molecule has 3 N–H and O–H groups in total. The van der Waals surface area contributed by atoms with E-state index in [1.807, 2.05) is 20.8 Å². The van der Waals surface area contributed by atoms with E-state index < -0.39 is 17.6 Å². The van der Waals surface area contributed by atoms with Gasteiger partial charge < -0.3 is 15.4 Å². The summed E-state index contributed by atoms with van der Waals surface area (Å²) in [6.07, 6.45) is 7.16. The van der Waals surface area contributed by atoms with Gasteiger partial charge >= 0.3 is 6.09 Å². The molecule has 2 aromatic rings. The molecule has 1 aromatic carbocycles. The summed E-state index contributed by atoms with van der Waals surface area (Å²) in [5.74, 6) is -0.665. The number of nitrogens with zero attached hydrogens (tertiary/aromatic N) is 2. The molecule has 1 unspecified atom stereocenters. The van der Waals surface area contributed by atoms with Crippen molar-refractivity contribution in [3.63, 3.8) is 0 Å². The van der Waals surface area contributed by atoms with E-state index in [2.05, 4.69) is 20.9 Å². The maximum Gasteiger partial charge on any atom is 0.407 e. The Labute approximate surface area is 234 Å². The number of amides is 4. The summed E-state index contributed by atoms with van der Waals surface area (Å²) in [4.78, 5) is 65.9. The Morgan fingerprint density at radius 1 is 1.05 bits per heavy atom. The third kappa shape index (κ3) is 8.89. The van der Waals surface area contributed by atoms with Crippen LogP contribution in [0.5, 0.6) is 0 Å². The lowest BCUT2D eigenvalue weighted by molar-refractivity contribution is -0.135.